The first-order valence-corrected chi connectivity index (χ1v) is 10.1. The minimum Gasteiger partial charge on any atom is -0.489 e. The fourth-order valence-electron chi connectivity index (χ4n) is 2.79. The molecule has 0 saturated carbocycles. The number of ether oxygens (including phenoxy) is 2. The van der Waals surface area contributed by atoms with Gasteiger partial charge < -0.3 is 14.8 Å². The van der Waals surface area contributed by atoms with Crippen molar-refractivity contribution < 1.29 is 14.3 Å². The fraction of sp³-hybridized carbons (Fsp3) is 0.130. The number of carbonyl (C=O) groups is 1. The summed E-state index contributed by atoms with van der Waals surface area (Å²) in [5, 5.41) is 3.68. The molecule has 146 valence electrons. The second-order valence-corrected chi connectivity index (χ2v) is 7.53. The number of amides is 1. The van der Waals surface area contributed by atoms with E-state index in [9.17, 15) is 4.79 Å². The van der Waals surface area contributed by atoms with Crippen molar-refractivity contribution in [3.05, 3.63) is 89.4 Å². The molecule has 1 aromatic heterocycles. The monoisotopic (exact) mass is 404 g/mol. The van der Waals surface area contributed by atoms with E-state index in [0.717, 1.165) is 26.5 Å². The van der Waals surface area contributed by atoms with Gasteiger partial charge in [0.05, 0.1) is 16.8 Å². The summed E-state index contributed by atoms with van der Waals surface area (Å²) < 4.78 is 12.4. The second-order valence-electron chi connectivity index (χ2n) is 6.41. The normalized spacial score (nSPS) is 10.8. The van der Waals surface area contributed by atoms with Gasteiger partial charge in [-0.25, -0.2) is 4.98 Å². The molecule has 0 unspecified atom stereocenters. The summed E-state index contributed by atoms with van der Waals surface area (Å²) in [6.07, 6.45) is 0. The van der Waals surface area contributed by atoms with Crippen LogP contribution in [0.15, 0.2) is 78.9 Å². The van der Waals surface area contributed by atoms with E-state index in [0.29, 0.717) is 18.9 Å². The predicted octanol–water partition coefficient (Wildman–Crippen LogP) is 5.03. The lowest BCUT2D eigenvalue weighted by Gasteiger charge is -2.08. The van der Waals surface area contributed by atoms with Gasteiger partial charge in [0.15, 0.2) is 0 Å². The van der Waals surface area contributed by atoms with Crippen molar-refractivity contribution in [2.24, 2.45) is 0 Å². The zero-order chi connectivity index (χ0) is 19.9. The third kappa shape index (κ3) is 5.40. The molecule has 29 heavy (non-hydrogen) atoms. The Morgan fingerprint density at radius 1 is 0.897 bits per heavy atom. The number of nitrogens with zero attached hydrogens (tertiary/aromatic N) is 1. The van der Waals surface area contributed by atoms with E-state index in [4.69, 9.17) is 9.47 Å². The van der Waals surface area contributed by atoms with E-state index in [1.54, 1.807) is 11.3 Å². The number of para-hydroxylation sites is 1. The van der Waals surface area contributed by atoms with Crippen molar-refractivity contribution in [1.29, 1.82) is 0 Å². The SMILES string of the molecule is O=C(COCc1nc2ccccc2s1)Nc1ccc(OCc2ccccc2)cc1. The summed E-state index contributed by atoms with van der Waals surface area (Å²) in [5.74, 6) is 0.544. The number of carbonyl (C=O) groups excluding carboxylic acids is 1. The number of anilines is 1. The van der Waals surface area contributed by atoms with E-state index >= 15 is 0 Å². The molecule has 0 spiro atoms. The van der Waals surface area contributed by atoms with Gasteiger partial charge in [0.2, 0.25) is 5.91 Å². The highest BCUT2D eigenvalue weighted by atomic mass is 32.1. The fourth-order valence-corrected chi connectivity index (χ4v) is 3.69. The Hall–Kier alpha value is -3.22. The first kappa shape index (κ1) is 19.1. The van der Waals surface area contributed by atoms with E-state index in [1.165, 1.54) is 0 Å². The molecule has 0 fully saturated rings. The smallest absolute Gasteiger partial charge is 0.250 e. The second kappa shape index (κ2) is 9.32. The van der Waals surface area contributed by atoms with Crippen LogP contribution in [0.25, 0.3) is 10.2 Å². The number of aromatic nitrogens is 1. The van der Waals surface area contributed by atoms with Crippen molar-refractivity contribution in [3.63, 3.8) is 0 Å². The number of hydrogen-bond donors (Lipinski definition) is 1. The topological polar surface area (TPSA) is 60.5 Å². The number of benzene rings is 3. The molecular formula is C23H20N2O3S. The Kier molecular flexibility index (Phi) is 6.14. The molecule has 1 amide bonds. The molecule has 0 atom stereocenters. The molecule has 3 aromatic carbocycles. The van der Waals surface area contributed by atoms with E-state index in [-0.39, 0.29) is 12.5 Å². The van der Waals surface area contributed by atoms with Crippen molar-refractivity contribution in [2.45, 2.75) is 13.2 Å². The van der Waals surface area contributed by atoms with Gasteiger partial charge in [-0.15, -0.1) is 11.3 Å². The van der Waals surface area contributed by atoms with Crippen LogP contribution in [0.5, 0.6) is 5.75 Å². The molecule has 1 heterocycles. The largest absolute Gasteiger partial charge is 0.489 e. The maximum atomic E-state index is 12.1. The van der Waals surface area contributed by atoms with Crippen molar-refractivity contribution >= 4 is 33.1 Å². The van der Waals surface area contributed by atoms with Crippen LogP contribution < -0.4 is 10.1 Å². The molecule has 0 radical (unpaired) electrons. The molecule has 1 N–H and O–H groups in total. The Labute approximate surface area is 172 Å². The number of rotatable bonds is 8. The lowest BCUT2D eigenvalue weighted by molar-refractivity contribution is -0.121. The van der Waals surface area contributed by atoms with Gasteiger partial charge in [0, 0.05) is 5.69 Å². The maximum absolute atomic E-state index is 12.1. The summed E-state index contributed by atoms with van der Waals surface area (Å²) in [6, 6.07) is 25.2. The van der Waals surface area contributed by atoms with Gasteiger partial charge in [-0.3, -0.25) is 4.79 Å². The number of fused-ring (bicyclic) bond motifs is 1. The van der Waals surface area contributed by atoms with Crippen LogP contribution in [0.2, 0.25) is 0 Å². The molecule has 6 heteroatoms. The molecule has 0 aliphatic carbocycles. The van der Waals surface area contributed by atoms with Crippen molar-refractivity contribution in [2.75, 3.05) is 11.9 Å². The van der Waals surface area contributed by atoms with E-state index in [2.05, 4.69) is 10.3 Å². The highest BCUT2D eigenvalue weighted by molar-refractivity contribution is 7.18. The van der Waals surface area contributed by atoms with Crippen LogP contribution in [0.1, 0.15) is 10.6 Å². The van der Waals surface area contributed by atoms with Gasteiger partial charge in [0.1, 0.15) is 24.0 Å². The Balaban J connectivity index is 1.22. The van der Waals surface area contributed by atoms with Crippen LogP contribution in [-0.4, -0.2) is 17.5 Å². The molecular weight excluding hydrogens is 384 g/mol. The minimum absolute atomic E-state index is 0.0256. The maximum Gasteiger partial charge on any atom is 0.250 e. The third-order valence-corrected chi connectivity index (χ3v) is 5.19. The van der Waals surface area contributed by atoms with Crippen molar-refractivity contribution in [1.82, 2.24) is 4.98 Å². The molecule has 0 aliphatic rings. The average Bonchev–Trinajstić information content (AvgIpc) is 3.17. The molecule has 0 saturated heterocycles. The average molecular weight is 404 g/mol. The van der Waals surface area contributed by atoms with Crippen LogP contribution in [0.4, 0.5) is 5.69 Å². The Morgan fingerprint density at radius 3 is 2.45 bits per heavy atom. The summed E-state index contributed by atoms with van der Waals surface area (Å²) >= 11 is 1.58. The van der Waals surface area contributed by atoms with Gasteiger partial charge in [-0.1, -0.05) is 42.5 Å². The summed E-state index contributed by atoms with van der Waals surface area (Å²) in [4.78, 5) is 16.6. The van der Waals surface area contributed by atoms with Crippen LogP contribution in [0, 0.1) is 0 Å². The van der Waals surface area contributed by atoms with Gasteiger partial charge in [-0.2, -0.15) is 0 Å². The molecule has 0 aliphatic heterocycles. The van der Waals surface area contributed by atoms with Crippen LogP contribution >= 0.6 is 11.3 Å². The molecule has 0 bridgehead atoms. The van der Waals surface area contributed by atoms with Crippen molar-refractivity contribution in [3.8, 4) is 5.75 Å². The number of hydrogen-bond acceptors (Lipinski definition) is 5. The van der Waals surface area contributed by atoms with Gasteiger partial charge >= 0.3 is 0 Å². The van der Waals surface area contributed by atoms with E-state index in [1.807, 2.05) is 78.9 Å². The Morgan fingerprint density at radius 2 is 1.66 bits per heavy atom. The number of thiazole rings is 1. The summed E-state index contributed by atoms with van der Waals surface area (Å²) in [5.41, 5.74) is 2.76. The van der Waals surface area contributed by atoms with Gasteiger partial charge in [-0.05, 0) is 42.0 Å². The molecule has 4 aromatic rings. The quantitative estimate of drug-likeness (QED) is 0.447. The highest BCUT2D eigenvalue weighted by Crippen LogP contribution is 2.22. The lowest BCUT2D eigenvalue weighted by Crippen LogP contribution is -2.18. The zero-order valence-corrected chi connectivity index (χ0v) is 16.5. The minimum atomic E-state index is -0.205. The number of nitrogens with one attached hydrogen (secondary N) is 1. The van der Waals surface area contributed by atoms with Crippen LogP contribution in [0.3, 0.4) is 0 Å². The standard InChI is InChI=1S/C23H20N2O3S/c26-22(15-27-16-23-25-20-8-4-5-9-21(20)29-23)24-18-10-12-19(13-11-18)28-14-17-6-2-1-3-7-17/h1-13H,14-16H2,(H,24,26). The first-order valence-electron chi connectivity index (χ1n) is 9.25. The predicted molar refractivity (Wildman–Crippen MR) is 115 cm³/mol. The zero-order valence-electron chi connectivity index (χ0n) is 15.7. The Bertz CT molecular complexity index is 1050. The lowest BCUT2D eigenvalue weighted by atomic mass is 10.2. The third-order valence-electron chi connectivity index (χ3n) is 4.18. The molecule has 4 rings (SSSR count). The van der Waals surface area contributed by atoms with E-state index < -0.39 is 0 Å². The first-order chi connectivity index (χ1) is 14.3. The summed E-state index contributed by atoms with van der Waals surface area (Å²) in [7, 11) is 0. The molecule has 5 nitrogen and oxygen atoms in total. The van der Waals surface area contributed by atoms with Gasteiger partial charge in [0.25, 0.3) is 0 Å². The van der Waals surface area contributed by atoms with Crippen LogP contribution in [-0.2, 0) is 22.7 Å². The summed E-state index contributed by atoms with van der Waals surface area (Å²) in [6.45, 7) is 0.799. The highest BCUT2D eigenvalue weighted by Gasteiger charge is 2.06.